The summed E-state index contributed by atoms with van der Waals surface area (Å²) in [5.41, 5.74) is 2.40. The highest BCUT2D eigenvalue weighted by Crippen LogP contribution is 2.23. The van der Waals surface area contributed by atoms with Crippen molar-refractivity contribution < 1.29 is 4.39 Å². The molecule has 0 aliphatic carbocycles. The highest BCUT2D eigenvalue weighted by molar-refractivity contribution is 5.56. The fraction of sp³-hybridized carbons (Fsp3) is 0.286. The molecule has 1 aromatic carbocycles. The summed E-state index contributed by atoms with van der Waals surface area (Å²) < 4.78 is 13.9. The molecule has 2 nitrogen and oxygen atoms in total. The molecule has 0 atom stereocenters. The van der Waals surface area contributed by atoms with Gasteiger partial charge >= 0.3 is 0 Å². The van der Waals surface area contributed by atoms with Crippen LogP contribution in [0.15, 0.2) is 30.6 Å². The number of hydrogen-bond acceptors (Lipinski definition) is 2. The Kier molecular flexibility index (Phi) is 3.18. The quantitative estimate of drug-likeness (QED) is 0.785. The van der Waals surface area contributed by atoms with Crippen molar-refractivity contribution in [2.75, 3.05) is 0 Å². The summed E-state index contributed by atoms with van der Waals surface area (Å²) in [6, 6.07) is 5.23. The second-order valence-corrected chi connectivity index (χ2v) is 4.48. The molecule has 0 saturated carbocycles. The van der Waals surface area contributed by atoms with Gasteiger partial charge in [0.1, 0.15) is 5.82 Å². The Bertz CT molecular complexity index is 518. The maximum Gasteiger partial charge on any atom is 0.162 e. The lowest BCUT2D eigenvalue weighted by Gasteiger charge is -2.07. The van der Waals surface area contributed by atoms with E-state index in [1.54, 1.807) is 24.5 Å². The van der Waals surface area contributed by atoms with Gasteiger partial charge in [0.15, 0.2) is 5.82 Å². The van der Waals surface area contributed by atoms with Gasteiger partial charge in [0, 0.05) is 12.4 Å². The Morgan fingerprint density at radius 2 is 1.76 bits per heavy atom. The van der Waals surface area contributed by atoms with Crippen LogP contribution in [0, 0.1) is 12.7 Å². The highest BCUT2D eigenvalue weighted by Gasteiger charge is 2.09. The Morgan fingerprint density at radius 1 is 1.12 bits per heavy atom. The number of aryl methyl sites for hydroxylation is 1. The van der Waals surface area contributed by atoms with Crippen molar-refractivity contribution in [2.45, 2.75) is 26.7 Å². The number of aromatic nitrogens is 2. The van der Waals surface area contributed by atoms with Crippen molar-refractivity contribution >= 4 is 0 Å². The van der Waals surface area contributed by atoms with Gasteiger partial charge in [-0.2, -0.15) is 0 Å². The fourth-order valence-corrected chi connectivity index (χ4v) is 1.60. The molecule has 0 radical (unpaired) electrons. The minimum absolute atomic E-state index is 0.264. The van der Waals surface area contributed by atoms with Crippen LogP contribution in [0.3, 0.4) is 0 Å². The Morgan fingerprint density at radius 3 is 2.29 bits per heavy atom. The molecule has 1 heterocycles. The summed E-state index contributed by atoms with van der Waals surface area (Å²) in [5.74, 6) is 0.487. The Labute approximate surface area is 101 Å². The van der Waals surface area contributed by atoms with E-state index in [1.807, 2.05) is 26.8 Å². The van der Waals surface area contributed by atoms with Crippen LogP contribution in [0.2, 0.25) is 0 Å². The normalized spacial score (nSPS) is 10.9. The molecule has 17 heavy (non-hydrogen) atoms. The zero-order valence-corrected chi connectivity index (χ0v) is 10.2. The lowest BCUT2D eigenvalue weighted by atomic mass is 10.0. The second kappa shape index (κ2) is 4.62. The van der Waals surface area contributed by atoms with Gasteiger partial charge in [0.05, 0.1) is 5.56 Å². The minimum Gasteiger partial charge on any atom is -0.236 e. The van der Waals surface area contributed by atoms with Crippen LogP contribution in [0.1, 0.15) is 30.9 Å². The molecule has 3 heteroatoms. The van der Waals surface area contributed by atoms with E-state index in [1.165, 1.54) is 0 Å². The van der Waals surface area contributed by atoms with E-state index in [0.29, 0.717) is 17.3 Å². The van der Waals surface area contributed by atoms with E-state index in [2.05, 4.69) is 9.97 Å². The molecule has 1 aromatic heterocycles. The monoisotopic (exact) mass is 230 g/mol. The maximum atomic E-state index is 13.9. The van der Waals surface area contributed by atoms with Gasteiger partial charge in [-0.25, -0.2) is 14.4 Å². The average Bonchev–Trinajstić information content (AvgIpc) is 2.30. The predicted octanol–water partition coefficient (Wildman–Crippen LogP) is 3.71. The predicted molar refractivity (Wildman–Crippen MR) is 66.3 cm³/mol. The first kappa shape index (κ1) is 11.7. The topological polar surface area (TPSA) is 25.8 Å². The molecule has 0 aliphatic rings. The number of hydrogen-bond donors (Lipinski definition) is 0. The standard InChI is InChI=1S/C14H15FN2/c1-9(2)11-4-5-12(13(15)6-11)14-16-7-10(3)8-17-14/h4-9H,1-3H3. The number of rotatable bonds is 2. The van der Waals surface area contributed by atoms with Crippen molar-refractivity contribution in [1.29, 1.82) is 0 Å². The van der Waals surface area contributed by atoms with Gasteiger partial charge in [-0.05, 0) is 36.1 Å². The zero-order chi connectivity index (χ0) is 12.4. The van der Waals surface area contributed by atoms with Crippen LogP contribution >= 0.6 is 0 Å². The first-order valence-corrected chi connectivity index (χ1v) is 5.66. The number of nitrogens with zero attached hydrogens (tertiary/aromatic N) is 2. The Hall–Kier alpha value is -1.77. The van der Waals surface area contributed by atoms with Crippen LogP contribution in [-0.4, -0.2) is 9.97 Å². The first-order valence-electron chi connectivity index (χ1n) is 5.66. The number of halogens is 1. The third-order valence-corrected chi connectivity index (χ3v) is 2.68. The third kappa shape index (κ3) is 2.49. The zero-order valence-electron chi connectivity index (χ0n) is 10.2. The van der Waals surface area contributed by atoms with Crippen molar-refractivity contribution in [3.05, 3.63) is 47.5 Å². The summed E-state index contributed by atoms with van der Waals surface area (Å²) in [7, 11) is 0. The van der Waals surface area contributed by atoms with Crippen molar-refractivity contribution in [2.24, 2.45) is 0 Å². The van der Waals surface area contributed by atoms with E-state index in [4.69, 9.17) is 0 Å². The van der Waals surface area contributed by atoms with Gasteiger partial charge in [-0.3, -0.25) is 0 Å². The van der Waals surface area contributed by atoms with E-state index in [9.17, 15) is 4.39 Å². The summed E-state index contributed by atoms with van der Waals surface area (Å²) in [6.45, 7) is 5.98. The molecule has 0 spiro atoms. The smallest absolute Gasteiger partial charge is 0.162 e. The molecule has 0 fully saturated rings. The van der Waals surface area contributed by atoms with E-state index >= 15 is 0 Å². The van der Waals surface area contributed by atoms with Crippen molar-refractivity contribution in [3.8, 4) is 11.4 Å². The Balaban J connectivity index is 2.43. The SMILES string of the molecule is Cc1cnc(-c2ccc(C(C)C)cc2F)nc1. The lowest BCUT2D eigenvalue weighted by molar-refractivity contribution is 0.625. The molecular weight excluding hydrogens is 215 g/mol. The van der Waals surface area contributed by atoms with E-state index in [0.717, 1.165) is 11.1 Å². The first-order chi connectivity index (χ1) is 8.08. The van der Waals surface area contributed by atoms with Crippen LogP contribution in [0.5, 0.6) is 0 Å². The largest absolute Gasteiger partial charge is 0.236 e. The highest BCUT2D eigenvalue weighted by atomic mass is 19.1. The maximum absolute atomic E-state index is 13.9. The van der Waals surface area contributed by atoms with Gasteiger partial charge < -0.3 is 0 Å². The molecule has 88 valence electrons. The molecular formula is C14H15FN2. The van der Waals surface area contributed by atoms with Gasteiger partial charge in [0.2, 0.25) is 0 Å². The second-order valence-electron chi connectivity index (χ2n) is 4.48. The van der Waals surface area contributed by atoms with Crippen molar-refractivity contribution in [1.82, 2.24) is 9.97 Å². The molecule has 2 rings (SSSR count). The summed E-state index contributed by atoms with van der Waals surface area (Å²) in [4.78, 5) is 8.27. The van der Waals surface area contributed by atoms with Crippen LogP contribution in [0.4, 0.5) is 4.39 Å². The molecule has 0 aliphatic heterocycles. The fourth-order valence-electron chi connectivity index (χ4n) is 1.60. The third-order valence-electron chi connectivity index (χ3n) is 2.68. The van der Waals surface area contributed by atoms with Crippen LogP contribution < -0.4 is 0 Å². The number of benzene rings is 1. The van der Waals surface area contributed by atoms with Crippen molar-refractivity contribution in [3.63, 3.8) is 0 Å². The average molecular weight is 230 g/mol. The minimum atomic E-state index is -0.264. The molecule has 0 amide bonds. The van der Waals surface area contributed by atoms with E-state index < -0.39 is 0 Å². The molecule has 2 aromatic rings. The molecule has 0 bridgehead atoms. The van der Waals surface area contributed by atoms with Crippen LogP contribution in [0.25, 0.3) is 11.4 Å². The summed E-state index contributed by atoms with van der Waals surface area (Å²) in [5, 5.41) is 0. The van der Waals surface area contributed by atoms with Crippen LogP contribution in [-0.2, 0) is 0 Å². The molecule has 0 N–H and O–H groups in total. The van der Waals surface area contributed by atoms with Gasteiger partial charge in [-0.1, -0.05) is 19.9 Å². The molecule has 0 unspecified atom stereocenters. The van der Waals surface area contributed by atoms with Gasteiger partial charge in [0.25, 0.3) is 0 Å². The van der Waals surface area contributed by atoms with E-state index in [-0.39, 0.29) is 5.82 Å². The van der Waals surface area contributed by atoms with Gasteiger partial charge in [-0.15, -0.1) is 0 Å². The summed E-state index contributed by atoms with van der Waals surface area (Å²) >= 11 is 0. The summed E-state index contributed by atoms with van der Waals surface area (Å²) in [6.07, 6.45) is 3.39. The molecule has 0 saturated heterocycles. The lowest BCUT2D eigenvalue weighted by Crippen LogP contribution is -1.95.